The van der Waals surface area contributed by atoms with Gasteiger partial charge in [0.15, 0.2) is 0 Å². The number of hydrogen-bond acceptors (Lipinski definition) is 2. The maximum atomic E-state index is 10.9. The first-order valence-corrected chi connectivity index (χ1v) is 4.11. The van der Waals surface area contributed by atoms with Gasteiger partial charge in [-0.15, -0.1) is 0 Å². The van der Waals surface area contributed by atoms with E-state index in [-0.39, 0.29) is 17.5 Å². The molecule has 0 spiro atoms. The highest BCUT2D eigenvalue weighted by Crippen LogP contribution is 2.34. The van der Waals surface area contributed by atoms with Crippen LogP contribution in [0.15, 0.2) is 0 Å². The summed E-state index contributed by atoms with van der Waals surface area (Å²) in [5.41, 5.74) is 0.0889. The van der Waals surface area contributed by atoms with Crippen molar-refractivity contribution in [3.05, 3.63) is 0 Å². The number of hydrogen-bond donors (Lipinski definition) is 0. The Balaban J connectivity index is 2.67. The number of esters is 1. The van der Waals surface area contributed by atoms with Crippen molar-refractivity contribution in [2.24, 2.45) is 11.3 Å². The van der Waals surface area contributed by atoms with Gasteiger partial charge in [-0.05, 0) is 5.41 Å². The fourth-order valence-electron chi connectivity index (χ4n) is 1.71. The second kappa shape index (κ2) is 2.50. The molecule has 0 amide bonds. The van der Waals surface area contributed by atoms with Crippen LogP contribution in [0.5, 0.6) is 0 Å². The quantitative estimate of drug-likeness (QED) is 0.501. The summed E-state index contributed by atoms with van der Waals surface area (Å²) in [4.78, 5) is 10.9. The molecule has 1 heterocycles. The van der Waals surface area contributed by atoms with E-state index in [1.165, 1.54) is 0 Å². The lowest BCUT2D eigenvalue weighted by atomic mass is 9.82. The summed E-state index contributed by atoms with van der Waals surface area (Å²) in [5.74, 6) is 0.333. The van der Waals surface area contributed by atoms with Crippen molar-refractivity contribution >= 4 is 5.97 Å². The Morgan fingerprint density at radius 2 is 2.00 bits per heavy atom. The van der Waals surface area contributed by atoms with Crippen LogP contribution in [0, 0.1) is 11.3 Å². The van der Waals surface area contributed by atoms with Crippen molar-refractivity contribution in [3.8, 4) is 0 Å². The summed E-state index contributed by atoms with van der Waals surface area (Å²) >= 11 is 0. The van der Waals surface area contributed by atoms with Gasteiger partial charge in [0.25, 0.3) is 0 Å². The van der Waals surface area contributed by atoms with Crippen LogP contribution in [-0.2, 0) is 9.53 Å². The molecule has 1 unspecified atom stereocenters. The molecule has 0 aromatic heterocycles. The third kappa shape index (κ3) is 1.73. The van der Waals surface area contributed by atoms with Crippen LogP contribution in [0.1, 0.15) is 34.1 Å². The zero-order valence-electron chi connectivity index (χ0n) is 7.68. The summed E-state index contributed by atoms with van der Waals surface area (Å²) in [6.45, 7) is 8.38. The Morgan fingerprint density at radius 3 is 2.18 bits per heavy atom. The molecule has 1 rings (SSSR count). The van der Waals surface area contributed by atoms with Crippen LogP contribution in [0.4, 0.5) is 0 Å². The maximum absolute atomic E-state index is 10.9. The van der Waals surface area contributed by atoms with Gasteiger partial charge in [0.05, 0.1) is 6.42 Å². The molecule has 0 aromatic carbocycles. The molecule has 0 saturated carbocycles. The summed E-state index contributed by atoms with van der Waals surface area (Å²) in [7, 11) is 0. The van der Waals surface area contributed by atoms with E-state index in [1.807, 2.05) is 0 Å². The average Bonchev–Trinajstić information content (AvgIpc) is 2.08. The first kappa shape index (κ1) is 8.57. The molecule has 2 heteroatoms. The van der Waals surface area contributed by atoms with Gasteiger partial charge in [0.1, 0.15) is 6.10 Å². The lowest BCUT2D eigenvalue weighted by molar-refractivity contribution is -0.145. The Hall–Kier alpha value is -0.530. The molecule has 1 fully saturated rings. The van der Waals surface area contributed by atoms with Gasteiger partial charge in [-0.25, -0.2) is 0 Å². The maximum Gasteiger partial charge on any atom is 0.306 e. The highest BCUT2D eigenvalue weighted by molar-refractivity contribution is 5.72. The van der Waals surface area contributed by atoms with E-state index < -0.39 is 0 Å². The topological polar surface area (TPSA) is 26.3 Å². The third-order valence-electron chi connectivity index (χ3n) is 2.12. The van der Waals surface area contributed by atoms with Gasteiger partial charge < -0.3 is 4.74 Å². The van der Waals surface area contributed by atoms with E-state index in [2.05, 4.69) is 27.7 Å². The predicted molar refractivity (Wildman–Crippen MR) is 43.1 cm³/mol. The molecule has 0 radical (unpaired) electrons. The molecule has 0 N–H and O–H groups in total. The van der Waals surface area contributed by atoms with Crippen molar-refractivity contribution in [2.45, 2.75) is 40.2 Å². The molecule has 0 bridgehead atoms. The molecular weight excluding hydrogens is 140 g/mol. The van der Waals surface area contributed by atoms with Gasteiger partial charge in [-0.3, -0.25) is 4.79 Å². The number of carbonyl (C=O) groups excluding carboxylic acids is 1. The molecule has 1 aliphatic heterocycles. The molecule has 1 saturated heterocycles. The van der Waals surface area contributed by atoms with E-state index in [0.29, 0.717) is 12.3 Å². The van der Waals surface area contributed by atoms with Gasteiger partial charge in [-0.2, -0.15) is 0 Å². The molecule has 64 valence electrons. The second-order valence-corrected chi connectivity index (χ2v) is 4.46. The van der Waals surface area contributed by atoms with Crippen LogP contribution < -0.4 is 0 Å². The van der Waals surface area contributed by atoms with Crippen LogP contribution in [0.25, 0.3) is 0 Å². The minimum absolute atomic E-state index is 0.0441. The summed E-state index contributed by atoms with van der Waals surface area (Å²) in [6.07, 6.45) is 0.692. The van der Waals surface area contributed by atoms with Crippen molar-refractivity contribution in [1.29, 1.82) is 0 Å². The molecule has 2 nitrogen and oxygen atoms in total. The van der Waals surface area contributed by atoms with Crippen LogP contribution in [0.3, 0.4) is 0 Å². The number of carbonyl (C=O) groups is 1. The molecule has 11 heavy (non-hydrogen) atoms. The summed E-state index contributed by atoms with van der Waals surface area (Å²) < 4.78 is 5.20. The number of cyclic esters (lactones) is 1. The zero-order valence-corrected chi connectivity index (χ0v) is 7.68. The highest BCUT2D eigenvalue weighted by Gasteiger charge is 2.39. The predicted octanol–water partition coefficient (Wildman–Crippen LogP) is 1.98. The number of rotatable bonds is 0. The van der Waals surface area contributed by atoms with E-state index in [9.17, 15) is 4.79 Å². The second-order valence-electron chi connectivity index (χ2n) is 4.46. The monoisotopic (exact) mass is 156 g/mol. The van der Waals surface area contributed by atoms with E-state index >= 15 is 0 Å². The van der Waals surface area contributed by atoms with Gasteiger partial charge in [0.2, 0.25) is 0 Å². The molecule has 0 aliphatic carbocycles. The molecule has 1 aliphatic rings. The highest BCUT2D eigenvalue weighted by atomic mass is 16.6. The Bertz CT molecular complexity index is 167. The van der Waals surface area contributed by atoms with Gasteiger partial charge in [0, 0.05) is 5.92 Å². The minimum atomic E-state index is -0.0441. The van der Waals surface area contributed by atoms with Crippen molar-refractivity contribution in [2.75, 3.05) is 0 Å². The van der Waals surface area contributed by atoms with E-state index in [4.69, 9.17) is 4.74 Å². The van der Waals surface area contributed by atoms with E-state index in [1.54, 1.807) is 0 Å². The Kier molecular flexibility index (Phi) is 1.95. The summed E-state index contributed by atoms with van der Waals surface area (Å²) in [5, 5.41) is 0. The van der Waals surface area contributed by atoms with Crippen molar-refractivity contribution < 1.29 is 9.53 Å². The van der Waals surface area contributed by atoms with Crippen LogP contribution >= 0.6 is 0 Å². The van der Waals surface area contributed by atoms with Crippen LogP contribution in [0.2, 0.25) is 0 Å². The Labute approximate surface area is 67.9 Å². The van der Waals surface area contributed by atoms with E-state index in [0.717, 1.165) is 0 Å². The zero-order chi connectivity index (χ0) is 8.65. The number of ether oxygens (including phenoxy) is 1. The minimum Gasteiger partial charge on any atom is -0.461 e. The third-order valence-corrected chi connectivity index (χ3v) is 2.12. The molecule has 2 atom stereocenters. The van der Waals surface area contributed by atoms with Gasteiger partial charge >= 0.3 is 5.97 Å². The molecular formula is C9H16O2. The first-order valence-electron chi connectivity index (χ1n) is 4.11. The standard InChI is InChI=1S/C9H16O2/c1-6-5-7(10)11-8(6)9(2,3)4/h6,8H,5H2,1-4H3/t6-,8?/m0/s1. The van der Waals surface area contributed by atoms with Crippen LogP contribution in [-0.4, -0.2) is 12.1 Å². The molecule has 0 aromatic rings. The first-order chi connectivity index (χ1) is 4.91. The van der Waals surface area contributed by atoms with Gasteiger partial charge in [-0.1, -0.05) is 27.7 Å². The lowest BCUT2D eigenvalue weighted by Gasteiger charge is -2.28. The smallest absolute Gasteiger partial charge is 0.306 e. The lowest BCUT2D eigenvalue weighted by Crippen LogP contribution is -2.30. The fraction of sp³-hybridized carbons (Fsp3) is 0.889. The SMILES string of the molecule is C[C@H]1CC(=O)OC1C(C)(C)C. The van der Waals surface area contributed by atoms with Crippen molar-refractivity contribution in [3.63, 3.8) is 0 Å². The summed E-state index contributed by atoms with van der Waals surface area (Å²) in [6, 6.07) is 0. The average molecular weight is 156 g/mol. The van der Waals surface area contributed by atoms with Crippen molar-refractivity contribution in [1.82, 2.24) is 0 Å². The fourth-order valence-corrected chi connectivity index (χ4v) is 1.71. The normalized spacial score (nSPS) is 32.2. The Morgan fingerprint density at radius 1 is 1.45 bits per heavy atom. The largest absolute Gasteiger partial charge is 0.461 e.